The van der Waals surface area contributed by atoms with Crippen molar-refractivity contribution in [3.63, 3.8) is 0 Å². The Morgan fingerprint density at radius 3 is 2.81 bits per heavy atom. The maximum absolute atomic E-state index is 13.5. The molecule has 3 heterocycles. The highest BCUT2D eigenvalue weighted by atomic mass is 16.5. The lowest BCUT2D eigenvalue weighted by atomic mass is 9.98. The van der Waals surface area contributed by atoms with Crippen LogP contribution in [0, 0.1) is 0 Å². The molecule has 0 saturated carbocycles. The number of carbonyl (C=O) groups excluding carboxylic acids is 1. The van der Waals surface area contributed by atoms with Crippen molar-refractivity contribution >= 4 is 16.9 Å². The molecule has 2 atom stereocenters. The molecule has 5 rings (SSSR count). The lowest BCUT2D eigenvalue weighted by Crippen LogP contribution is -2.36. The first kappa shape index (κ1) is 20.8. The van der Waals surface area contributed by atoms with Gasteiger partial charge in [0.05, 0.1) is 29.7 Å². The third-order valence-corrected chi connectivity index (χ3v) is 6.24. The molecule has 3 aromatic rings. The predicted octanol–water partition coefficient (Wildman–Crippen LogP) is 4.70. The Labute approximate surface area is 186 Å². The number of amides is 1. The summed E-state index contributed by atoms with van der Waals surface area (Å²) in [7, 11) is 0. The van der Waals surface area contributed by atoms with Crippen LogP contribution in [-0.4, -0.2) is 36.7 Å². The number of benzene rings is 2. The molecule has 0 unspecified atom stereocenters. The van der Waals surface area contributed by atoms with E-state index in [0.717, 1.165) is 37.0 Å². The first-order valence-corrected chi connectivity index (χ1v) is 11.4. The molecule has 6 nitrogen and oxygen atoms in total. The van der Waals surface area contributed by atoms with Gasteiger partial charge in [0.1, 0.15) is 11.3 Å². The second kappa shape index (κ2) is 8.79. The van der Waals surface area contributed by atoms with Crippen molar-refractivity contribution in [3.05, 3.63) is 75.6 Å². The Hall–Kier alpha value is -3.12. The van der Waals surface area contributed by atoms with Crippen molar-refractivity contribution in [2.24, 2.45) is 0 Å². The van der Waals surface area contributed by atoms with Gasteiger partial charge in [-0.05, 0) is 49.1 Å². The Bertz CT molecular complexity index is 1190. The number of ether oxygens (including phenoxy) is 2. The van der Waals surface area contributed by atoms with Gasteiger partial charge in [-0.1, -0.05) is 37.6 Å². The van der Waals surface area contributed by atoms with Crippen LogP contribution >= 0.6 is 0 Å². The third-order valence-electron chi connectivity index (χ3n) is 6.24. The molecule has 2 aromatic carbocycles. The van der Waals surface area contributed by atoms with Crippen LogP contribution in [0.4, 0.5) is 0 Å². The van der Waals surface area contributed by atoms with Gasteiger partial charge in [-0.25, -0.2) is 0 Å². The Morgan fingerprint density at radius 1 is 1.12 bits per heavy atom. The average molecular weight is 434 g/mol. The van der Waals surface area contributed by atoms with Crippen LogP contribution in [0.1, 0.15) is 60.3 Å². The second-order valence-electron chi connectivity index (χ2n) is 8.44. The fourth-order valence-electron chi connectivity index (χ4n) is 4.62. The van der Waals surface area contributed by atoms with E-state index in [9.17, 15) is 9.59 Å². The number of fused-ring (bicyclic) bond motifs is 2. The largest absolute Gasteiger partial charge is 0.494 e. The minimum atomic E-state index is -0.530. The summed E-state index contributed by atoms with van der Waals surface area (Å²) in [6, 6.07) is 14.2. The first-order valence-electron chi connectivity index (χ1n) is 11.4. The van der Waals surface area contributed by atoms with E-state index in [0.29, 0.717) is 36.3 Å². The van der Waals surface area contributed by atoms with Gasteiger partial charge in [-0.15, -0.1) is 0 Å². The summed E-state index contributed by atoms with van der Waals surface area (Å²) >= 11 is 0. The molecule has 1 fully saturated rings. The van der Waals surface area contributed by atoms with Gasteiger partial charge in [0.25, 0.3) is 5.91 Å². The molecule has 166 valence electrons. The van der Waals surface area contributed by atoms with E-state index in [4.69, 9.17) is 13.9 Å². The zero-order valence-corrected chi connectivity index (χ0v) is 18.2. The fraction of sp³-hybridized carbons (Fsp3) is 0.385. The lowest BCUT2D eigenvalue weighted by Gasteiger charge is -2.27. The first-order chi connectivity index (χ1) is 15.7. The van der Waals surface area contributed by atoms with E-state index >= 15 is 0 Å². The topological polar surface area (TPSA) is 69.0 Å². The van der Waals surface area contributed by atoms with Crippen LogP contribution in [0.3, 0.4) is 0 Å². The number of hydrogen-bond acceptors (Lipinski definition) is 5. The molecule has 32 heavy (non-hydrogen) atoms. The van der Waals surface area contributed by atoms with Crippen molar-refractivity contribution in [3.8, 4) is 5.75 Å². The van der Waals surface area contributed by atoms with Crippen molar-refractivity contribution in [1.82, 2.24) is 4.90 Å². The van der Waals surface area contributed by atoms with Crippen LogP contribution in [-0.2, 0) is 4.74 Å². The van der Waals surface area contributed by atoms with Gasteiger partial charge >= 0.3 is 0 Å². The minimum Gasteiger partial charge on any atom is -0.494 e. The molecule has 1 saturated heterocycles. The summed E-state index contributed by atoms with van der Waals surface area (Å²) in [6.07, 6.45) is 3.86. The Morgan fingerprint density at radius 2 is 2.00 bits per heavy atom. The smallest absolute Gasteiger partial charge is 0.291 e. The number of nitrogens with zero attached hydrogens (tertiary/aromatic N) is 1. The molecule has 6 heteroatoms. The number of para-hydroxylation sites is 1. The average Bonchev–Trinajstić information content (AvgIpc) is 3.42. The monoisotopic (exact) mass is 433 g/mol. The van der Waals surface area contributed by atoms with Crippen molar-refractivity contribution < 1.29 is 18.7 Å². The Balaban J connectivity index is 1.61. The summed E-state index contributed by atoms with van der Waals surface area (Å²) in [4.78, 5) is 28.7. The highest BCUT2D eigenvalue weighted by Crippen LogP contribution is 2.39. The molecule has 2 aliphatic heterocycles. The highest BCUT2D eigenvalue weighted by molar-refractivity contribution is 5.99. The van der Waals surface area contributed by atoms with Crippen LogP contribution in [0.5, 0.6) is 5.75 Å². The summed E-state index contributed by atoms with van der Waals surface area (Å²) in [5.41, 5.74) is 1.51. The van der Waals surface area contributed by atoms with Gasteiger partial charge in [0.2, 0.25) is 5.76 Å². The zero-order valence-electron chi connectivity index (χ0n) is 18.2. The molecule has 0 aliphatic carbocycles. The summed E-state index contributed by atoms with van der Waals surface area (Å²) in [6.45, 7) is 3.87. The molecule has 1 aromatic heterocycles. The number of rotatable bonds is 7. The van der Waals surface area contributed by atoms with Crippen molar-refractivity contribution in [2.45, 2.75) is 44.8 Å². The van der Waals surface area contributed by atoms with Gasteiger partial charge in [0, 0.05) is 13.2 Å². The van der Waals surface area contributed by atoms with Crippen molar-refractivity contribution in [2.75, 3.05) is 19.8 Å². The number of unbranched alkanes of at least 4 members (excludes halogenated alkanes) is 1. The number of hydrogen-bond donors (Lipinski definition) is 0. The fourth-order valence-corrected chi connectivity index (χ4v) is 4.62. The van der Waals surface area contributed by atoms with E-state index in [2.05, 4.69) is 6.92 Å². The molecule has 0 N–H and O–H groups in total. The van der Waals surface area contributed by atoms with Gasteiger partial charge < -0.3 is 18.8 Å². The second-order valence-corrected chi connectivity index (χ2v) is 8.44. The quantitative estimate of drug-likeness (QED) is 0.506. The van der Waals surface area contributed by atoms with Crippen LogP contribution in [0.2, 0.25) is 0 Å². The van der Waals surface area contributed by atoms with Gasteiger partial charge in [0.15, 0.2) is 5.43 Å². The summed E-state index contributed by atoms with van der Waals surface area (Å²) in [5, 5.41) is 0.485. The maximum atomic E-state index is 13.5. The number of carbonyl (C=O) groups is 1. The Kier molecular flexibility index (Phi) is 5.70. The predicted molar refractivity (Wildman–Crippen MR) is 121 cm³/mol. The highest BCUT2D eigenvalue weighted by Gasteiger charge is 2.44. The SMILES string of the molecule is CCCCOc1cccc([C@@H]2c3c(oc4ccccc4c3=O)C(=O)N2C[C@H]2CCCO2)c1. The third kappa shape index (κ3) is 3.69. The molecular weight excluding hydrogens is 406 g/mol. The molecule has 1 amide bonds. The molecule has 0 radical (unpaired) electrons. The normalized spacial score (nSPS) is 20.2. The minimum absolute atomic E-state index is 0.0377. The standard InChI is InChI=1S/C26H27NO5/c1-2-3-13-30-18-9-6-8-17(15-18)23-22-24(28)20-11-4-5-12-21(20)32-25(22)26(29)27(23)16-19-10-7-14-31-19/h4-6,8-9,11-12,15,19,23H,2-3,7,10,13-14,16H2,1H3/t19-,23-/m1/s1. The summed E-state index contributed by atoms with van der Waals surface area (Å²) < 4.78 is 17.7. The van der Waals surface area contributed by atoms with Crippen LogP contribution in [0.25, 0.3) is 11.0 Å². The van der Waals surface area contributed by atoms with E-state index in [-0.39, 0.29) is 23.2 Å². The molecule has 0 spiro atoms. The zero-order chi connectivity index (χ0) is 22.1. The maximum Gasteiger partial charge on any atom is 0.291 e. The lowest BCUT2D eigenvalue weighted by molar-refractivity contribution is 0.0486. The molecule has 0 bridgehead atoms. The van der Waals surface area contributed by atoms with Gasteiger partial charge in [-0.2, -0.15) is 0 Å². The van der Waals surface area contributed by atoms with E-state index in [1.54, 1.807) is 23.1 Å². The molecular formula is C26H27NO5. The molecule has 2 aliphatic rings. The van der Waals surface area contributed by atoms with E-state index in [1.165, 1.54) is 0 Å². The van der Waals surface area contributed by atoms with Gasteiger partial charge in [-0.3, -0.25) is 9.59 Å². The van der Waals surface area contributed by atoms with Crippen LogP contribution < -0.4 is 10.2 Å². The summed E-state index contributed by atoms with van der Waals surface area (Å²) in [5.74, 6) is 0.605. The van der Waals surface area contributed by atoms with Crippen molar-refractivity contribution in [1.29, 1.82) is 0 Å². The van der Waals surface area contributed by atoms with E-state index in [1.807, 2.05) is 30.3 Å². The van der Waals surface area contributed by atoms with E-state index < -0.39 is 6.04 Å². The van der Waals surface area contributed by atoms with Crippen LogP contribution in [0.15, 0.2) is 57.7 Å².